The number of piperidine rings is 1. The van der Waals surface area contributed by atoms with Crippen molar-refractivity contribution in [2.75, 3.05) is 33.9 Å². The van der Waals surface area contributed by atoms with Crippen molar-refractivity contribution < 1.29 is 19.1 Å². The standard InChI is InChI=1S/C21H25N3O4/c1-27-18-11-17(12-19(13-18)28-2)20(25)23-14-15-5-9-24(10-6-15)21(26)16-3-7-22-8-4-16/h3-4,7-8,11-13,15H,5-6,9-10,14H2,1-2H3,(H,23,25). The average Bonchev–Trinajstić information content (AvgIpc) is 2.77. The summed E-state index contributed by atoms with van der Waals surface area (Å²) in [4.78, 5) is 30.8. The van der Waals surface area contributed by atoms with Crippen LogP contribution in [0.15, 0.2) is 42.7 Å². The first kappa shape index (κ1) is 19.7. The Morgan fingerprint density at radius 1 is 1.04 bits per heavy atom. The number of benzene rings is 1. The minimum absolute atomic E-state index is 0.0355. The van der Waals surface area contributed by atoms with E-state index in [1.54, 1.807) is 56.9 Å². The van der Waals surface area contributed by atoms with Crippen LogP contribution in [0.5, 0.6) is 11.5 Å². The molecule has 0 radical (unpaired) electrons. The van der Waals surface area contributed by atoms with Crippen LogP contribution in [0.25, 0.3) is 0 Å². The van der Waals surface area contributed by atoms with E-state index in [0.29, 0.717) is 48.2 Å². The number of rotatable bonds is 6. The number of carbonyl (C=O) groups is 2. The van der Waals surface area contributed by atoms with Crippen LogP contribution in [-0.4, -0.2) is 55.6 Å². The third-order valence-corrected chi connectivity index (χ3v) is 4.99. The largest absolute Gasteiger partial charge is 0.497 e. The SMILES string of the molecule is COc1cc(OC)cc(C(=O)NCC2CCN(C(=O)c3ccncc3)CC2)c1. The maximum atomic E-state index is 12.5. The minimum Gasteiger partial charge on any atom is -0.497 e. The molecule has 1 aliphatic heterocycles. The molecule has 28 heavy (non-hydrogen) atoms. The van der Waals surface area contributed by atoms with Crippen molar-refractivity contribution in [2.24, 2.45) is 5.92 Å². The van der Waals surface area contributed by atoms with Crippen LogP contribution in [-0.2, 0) is 0 Å². The van der Waals surface area contributed by atoms with E-state index in [0.717, 1.165) is 12.8 Å². The van der Waals surface area contributed by atoms with Gasteiger partial charge in [0, 0.05) is 49.2 Å². The zero-order valence-electron chi connectivity index (χ0n) is 16.2. The van der Waals surface area contributed by atoms with Crippen LogP contribution in [0.1, 0.15) is 33.6 Å². The van der Waals surface area contributed by atoms with Gasteiger partial charge in [-0.3, -0.25) is 14.6 Å². The zero-order chi connectivity index (χ0) is 19.9. The molecule has 0 bridgehead atoms. The van der Waals surface area contributed by atoms with Crippen molar-refractivity contribution in [1.82, 2.24) is 15.2 Å². The minimum atomic E-state index is -0.160. The number of likely N-dealkylation sites (tertiary alicyclic amines) is 1. The molecule has 148 valence electrons. The van der Waals surface area contributed by atoms with Crippen LogP contribution in [0, 0.1) is 5.92 Å². The highest BCUT2D eigenvalue weighted by atomic mass is 16.5. The van der Waals surface area contributed by atoms with Gasteiger partial charge in [-0.1, -0.05) is 0 Å². The average molecular weight is 383 g/mol. The molecule has 2 amide bonds. The van der Waals surface area contributed by atoms with Gasteiger partial charge in [-0.15, -0.1) is 0 Å². The van der Waals surface area contributed by atoms with E-state index in [-0.39, 0.29) is 11.8 Å². The number of hydrogen-bond donors (Lipinski definition) is 1. The molecule has 1 fully saturated rings. The second kappa shape index (κ2) is 9.21. The molecule has 2 aromatic rings. The summed E-state index contributed by atoms with van der Waals surface area (Å²) < 4.78 is 10.4. The first-order chi connectivity index (χ1) is 13.6. The molecule has 7 nitrogen and oxygen atoms in total. The van der Waals surface area contributed by atoms with Crippen LogP contribution in [0.2, 0.25) is 0 Å². The highest BCUT2D eigenvalue weighted by molar-refractivity contribution is 5.95. The molecule has 3 rings (SSSR count). The fourth-order valence-electron chi connectivity index (χ4n) is 3.29. The maximum Gasteiger partial charge on any atom is 0.253 e. The number of ether oxygens (including phenoxy) is 2. The number of hydrogen-bond acceptors (Lipinski definition) is 5. The van der Waals surface area contributed by atoms with Crippen molar-refractivity contribution in [3.63, 3.8) is 0 Å². The molecule has 1 aromatic heterocycles. The Balaban J connectivity index is 1.50. The lowest BCUT2D eigenvalue weighted by molar-refractivity contribution is 0.0684. The Morgan fingerprint density at radius 3 is 2.21 bits per heavy atom. The van der Waals surface area contributed by atoms with Gasteiger partial charge in [-0.25, -0.2) is 0 Å². The molecule has 0 spiro atoms. The van der Waals surface area contributed by atoms with Gasteiger partial charge < -0.3 is 19.7 Å². The number of pyridine rings is 1. The molecule has 0 aliphatic carbocycles. The van der Waals surface area contributed by atoms with Gasteiger partial charge in [0.2, 0.25) is 0 Å². The number of aromatic nitrogens is 1. The third-order valence-electron chi connectivity index (χ3n) is 4.99. The fourth-order valence-corrected chi connectivity index (χ4v) is 3.29. The van der Waals surface area contributed by atoms with E-state index >= 15 is 0 Å². The summed E-state index contributed by atoms with van der Waals surface area (Å²) in [5.74, 6) is 1.37. The van der Waals surface area contributed by atoms with Crippen molar-refractivity contribution in [3.8, 4) is 11.5 Å². The van der Waals surface area contributed by atoms with E-state index < -0.39 is 0 Å². The molecule has 0 saturated carbocycles. The van der Waals surface area contributed by atoms with Gasteiger partial charge in [-0.2, -0.15) is 0 Å². The summed E-state index contributed by atoms with van der Waals surface area (Å²) in [7, 11) is 3.11. The predicted molar refractivity (Wildman–Crippen MR) is 105 cm³/mol. The molecule has 0 unspecified atom stereocenters. The zero-order valence-corrected chi connectivity index (χ0v) is 16.2. The summed E-state index contributed by atoms with van der Waals surface area (Å²) in [5, 5.41) is 2.99. The molecular formula is C21H25N3O4. The van der Waals surface area contributed by atoms with Gasteiger partial charge in [0.05, 0.1) is 14.2 Å². The van der Waals surface area contributed by atoms with Crippen molar-refractivity contribution in [3.05, 3.63) is 53.9 Å². The van der Waals surface area contributed by atoms with Gasteiger partial charge >= 0.3 is 0 Å². The Bertz CT molecular complexity index is 795. The van der Waals surface area contributed by atoms with Gasteiger partial charge in [0.1, 0.15) is 11.5 Å². The summed E-state index contributed by atoms with van der Waals surface area (Å²) in [6.07, 6.45) is 4.98. The summed E-state index contributed by atoms with van der Waals surface area (Å²) >= 11 is 0. The number of nitrogens with one attached hydrogen (secondary N) is 1. The Hall–Kier alpha value is -3.09. The highest BCUT2D eigenvalue weighted by Gasteiger charge is 2.24. The molecule has 1 saturated heterocycles. The lowest BCUT2D eigenvalue weighted by Gasteiger charge is -2.32. The Kier molecular flexibility index (Phi) is 6.47. The lowest BCUT2D eigenvalue weighted by Crippen LogP contribution is -2.41. The van der Waals surface area contributed by atoms with Gasteiger partial charge in [0.15, 0.2) is 0 Å². The predicted octanol–water partition coefficient (Wildman–Crippen LogP) is 2.38. The highest BCUT2D eigenvalue weighted by Crippen LogP contribution is 2.23. The number of amides is 2. The van der Waals surface area contributed by atoms with Crippen LogP contribution in [0.3, 0.4) is 0 Å². The summed E-state index contributed by atoms with van der Waals surface area (Å²) in [6, 6.07) is 8.57. The normalized spacial score (nSPS) is 14.4. The monoisotopic (exact) mass is 383 g/mol. The molecule has 1 N–H and O–H groups in total. The third kappa shape index (κ3) is 4.79. The number of carbonyl (C=O) groups excluding carboxylic acids is 2. The van der Waals surface area contributed by atoms with E-state index in [1.807, 2.05) is 4.90 Å². The van der Waals surface area contributed by atoms with Crippen LogP contribution in [0.4, 0.5) is 0 Å². The van der Waals surface area contributed by atoms with Gasteiger partial charge in [0.25, 0.3) is 11.8 Å². The summed E-state index contributed by atoms with van der Waals surface area (Å²) in [6.45, 7) is 1.96. The van der Waals surface area contributed by atoms with Gasteiger partial charge in [-0.05, 0) is 43.0 Å². The molecule has 2 heterocycles. The first-order valence-corrected chi connectivity index (χ1v) is 9.31. The Morgan fingerprint density at radius 2 is 1.64 bits per heavy atom. The lowest BCUT2D eigenvalue weighted by atomic mass is 9.96. The Labute approximate surface area is 164 Å². The first-order valence-electron chi connectivity index (χ1n) is 9.31. The quantitative estimate of drug-likeness (QED) is 0.828. The van der Waals surface area contributed by atoms with Crippen molar-refractivity contribution in [2.45, 2.75) is 12.8 Å². The maximum absolute atomic E-state index is 12.5. The summed E-state index contributed by atoms with van der Waals surface area (Å²) in [5.41, 5.74) is 1.16. The van der Waals surface area contributed by atoms with E-state index in [4.69, 9.17) is 9.47 Å². The second-order valence-electron chi connectivity index (χ2n) is 6.78. The topological polar surface area (TPSA) is 80.8 Å². The molecule has 0 atom stereocenters. The number of methoxy groups -OCH3 is 2. The molecule has 1 aromatic carbocycles. The molecule has 7 heteroatoms. The van der Waals surface area contributed by atoms with Crippen LogP contribution < -0.4 is 14.8 Å². The van der Waals surface area contributed by atoms with E-state index in [1.165, 1.54) is 0 Å². The fraction of sp³-hybridized carbons (Fsp3) is 0.381. The number of nitrogens with zero attached hydrogens (tertiary/aromatic N) is 2. The molecular weight excluding hydrogens is 358 g/mol. The van der Waals surface area contributed by atoms with E-state index in [9.17, 15) is 9.59 Å². The molecule has 1 aliphatic rings. The van der Waals surface area contributed by atoms with Crippen LogP contribution >= 0.6 is 0 Å². The van der Waals surface area contributed by atoms with Crippen molar-refractivity contribution >= 4 is 11.8 Å². The second-order valence-corrected chi connectivity index (χ2v) is 6.78. The van der Waals surface area contributed by atoms with Crippen molar-refractivity contribution in [1.29, 1.82) is 0 Å². The van der Waals surface area contributed by atoms with E-state index in [2.05, 4.69) is 10.3 Å². The smallest absolute Gasteiger partial charge is 0.253 e.